The number of nitro benzene ring substituents is 1. The number of carbonyl (C=O) groups excluding carboxylic acids is 2. The molecule has 0 aliphatic heterocycles. The molecule has 27 heavy (non-hydrogen) atoms. The molecular weight excluding hydrogens is 352 g/mol. The monoisotopic (exact) mass is 370 g/mol. The summed E-state index contributed by atoms with van der Waals surface area (Å²) in [6.07, 6.45) is 2.45. The van der Waals surface area contributed by atoms with Crippen molar-refractivity contribution in [2.75, 3.05) is 10.6 Å². The van der Waals surface area contributed by atoms with Gasteiger partial charge in [0.05, 0.1) is 10.5 Å². The Bertz CT molecular complexity index is 864. The van der Waals surface area contributed by atoms with Gasteiger partial charge in [0.15, 0.2) is 6.10 Å². The lowest BCUT2D eigenvalue weighted by Gasteiger charge is -2.13. The van der Waals surface area contributed by atoms with Gasteiger partial charge in [0.2, 0.25) is 0 Å². The summed E-state index contributed by atoms with van der Waals surface area (Å²) in [5, 5.41) is 16.6. The second-order valence-electron chi connectivity index (χ2n) is 6.16. The zero-order chi connectivity index (χ0) is 19.4. The molecule has 1 aromatic carbocycles. The van der Waals surface area contributed by atoms with E-state index in [1.807, 2.05) is 0 Å². The molecule has 1 aliphatic carbocycles. The third-order valence-electron chi connectivity index (χ3n) is 3.94. The molecule has 1 saturated carbocycles. The first-order valence-corrected chi connectivity index (χ1v) is 8.42. The van der Waals surface area contributed by atoms with Crippen LogP contribution in [-0.2, 0) is 9.53 Å². The summed E-state index contributed by atoms with van der Waals surface area (Å²) < 4.78 is 5.12. The van der Waals surface area contributed by atoms with Crippen LogP contribution in [0.1, 0.15) is 30.1 Å². The normalized spacial score (nSPS) is 14.1. The molecule has 2 N–H and O–H groups in total. The molecule has 1 unspecified atom stereocenters. The minimum atomic E-state index is -1.14. The minimum Gasteiger partial charge on any atom is -0.449 e. The van der Waals surface area contributed by atoms with Crippen molar-refractivity contribution < 1.29 is 19.2 Å². The minimum absolute atomic E-state index is 0.0348. The Balaban J connectivity index is 1.59. The highest BCUT2D eigenvalue weighted by molar-refractivity contribution is 5.98. The van der Waals surface area contributed by atoms with Gasteiger partial charge in [0.25, 0.3) is 11.6 Å². The molecule has 0 spiro atoms. The van der Waals surface area contributed by atoms with Crippen LogP contribution in [0, 0.1) is 10.1 Å². The fourth-order valence-electron chi connectivity index (χ4n) is 2.29. The van der Waals surface area contributed by atoms with Crippen LogP contribution in [0.3, 0.4) is 0 Å². The molecule has 1 aromatic heterocycles. The van der Waals surface area contributed by atoms with Gasteiger partial charge >= 0.3 is 5.97 Å². The van der Waals surface area contributed by atoms with E-state index in [9.17, 15) is 19.7 Å². The van der Waals surface area contributed by atoms with E-state index in [2.05, 4.69) is 15.6 Å². The van der Waals surface area contributed by atoms with Crippen molar-refractivity contribution in [3.05, 3.63) is 58.3 Å². The summed E-state index contributed by atoms with van der Waals surface area (Å²) in [4.78, 5) is 38.9. The number of carbonyl (C=O) groups is 2. The standard InChI is InChI=1S/C18H18N4O5/c1-11(17(23)21-14-4-2-3-5-15(14)22(25)26)27-18(24)12-6-9-16(19-10-12)20-13-7-8-13/h2-6,9-11,13H,7-8H2,1H3,(H,19,20)(H,21,23). The Kier molecular flexibility index (Phi) is 5.30. The van der Waals surface area contributed by atoms with Crippen LogP contribution < -0.4 is 10.6 Å². The summed E-state index contributed by atoms with van der Waals surface area (Å²) in [5.74, 6) is -0.695. The Morgan fingerprint density at radius 2 is 2.00 bits per heavy atom. The average Bonchev–Trinajstić information content (AvgIpc) is 3.46. The maximum atomic E-state index is 12.2. The number of pyridine rings is 1. The van der Waals surface area contributed by atoms with Gasteiger partial charge in [-0.2, -0.15) is 0 Å². The molecule has 140 valence electrons. The molecule has 0 saturated heterocycles. The SMILES string of the molecule is CC(OC(=O)c1ccc(NC2CC2)nc1)C(=O)Nc1ccccc1[N+](=O)[O-]. The van der Waals surface area contributed by atoms with Gasteiger partial charge < -0.3 is 15.4 Å². The first-order chi connectivity index (χ1) is 12.9. The number of hydrogen-bond donors (Lipinski definition) is 2. The molecule has 2 aromatic rings. The van der Waals surface area contributed by atoms with Crippen LogP contribution in [0.5, 0.6) is 0 Å². The molecule has 1 amide bonds. The second kappa shape index (κ2) is 7.81. The molecule has 0 bridgehead atoms. The lowest BCUT2D eigenvalue weighted by Crippen LogP contribution is -2.30. The maximum absolute atomic E-state index is 12.2. The number of aromatic nitrogens is 1. The number of nitrogens with one attached hydrogen (secondary N) is 2. The number of anilines is 2. The van der Waals surface area contributed by atoms with Crippen LogP contribution in [0.2, 0.25) is 0 Å². The Morgan fingerprint density at radius 1 is 1.26 bits per heavy atom. The fourth-order valence-corrected chi connectivity index (χ4v) is 2.29. The molecular formula is C18H18N4O5. The van der Waals surface area contributed by atoms with E-state index in [0.717, 1.165) is 12.8 Å². The number of nitro groups is 1. The first-order valence-electron chi connectivity index (χ1n) is 8.42. The van der Waals surface area contributed by atoms with Gasteiger partial charge in [0.1, 0.15) is 11.5 Å². The first kappa shape index (κ1) is 18.3. The number of para-hydroxylation sites is 2. The van der Waals surface area contributed by atoms with Crippen LogP contribution in [0.25, 0.3) is 0 Å². The van der Waals surface area contributed by atoms with Crippen LogP contribution in [0.15, 0.2) is 42.6 Å². The third-order valence-corrected chi connectivity index (χ3v) is 3.94. The number of hydrogen-bond acceptors (Lipinski definition) is 7. The van der Waals surface area contributed by atoms with E-state index in [-0.39, 0.29) is 16.9 Å². The van der Waals surface area contributed by atoms with Crippen molar-refractivity contribution in [1.82, 2.24) is 4.98 Å². The predicted molar refractivity (Wildman–Crippen MR) is 97.5 cm³/mol. The molecule has 1 aliphatic rings. The molecule has 1 atom stereocenters. The molecule has 1 fully saturated rings. The van der Waals surface area contributed by atoms with Crippen molar-refractivity contribution in [3.8, 4) is 0 Å². The zero-order valence-electron chi connectivity index (χ0n) is 14.5. The van der Waals surface area contributed by atoms with Gasteiger partial charge in [-0.05, 0) is 38.0 Å². The number of esters is 1. The van der Waals surface area contributed by atoms with E-state index in [1.165, 1.54) is 31.3 Å². The van der Waals surface area contributed by atoms with Crippen molar-refractivity contribution in [1.29, 1.82) is 0 Å². The van der Waals surface area contributed by atoms with Crippen LogP contribution in [-0.4, -0.2) is 33.9 Å². The number of rotatable bonds is 7. The molecule has 3 rings (SSSR count). The summed E-state index contributed by atoms with van der Waals surface area (Å²) in [5.41, 5.74) is 0.00147. The summed E-state index contributed by atoms with van der Waals surface area (Å²) >= 11 is 0. The van der Waals surface area contributed by atoms with Crippen LogP contribution in [0.4, 0.5) is 17.2 Å². The zero-order valence-corrected chi connectivity index (χ0v) is 14.5. The topological polar surface area (TPSA) is 123 Å². The predicted octanol–water partition coefficient (Wildman–Crippen LogP) is 2.75. The highest BCUT2D eigenvalue weighted by atomic mass is 16.6. The van der Waals surface area contributed by atoms with E-state index in [0.29, 0.717) is 11.9 Å². The second-order valence-corrected chi connectivity index (χ2v) is 6.16. The van der Waals surface area contributed by atoms with Gasteiger partial charge in [-0.15, -0.1) is 0 Å². The Morgan fingerprint density at radius 3 is 2.63 bits per heavy atom. The molecule has 1 heterocycles. The lowest BCUT2D eigenvalue weighted by molar-refractivity contribution is -0.383. The quantitative estimate of drug-likeness (QED) is 0.436. The summed E-state index contributed by atoms with van der Waals surface area (Å²) in [6.45, 7) is 1.39. The smallest absolute Gasteiger partial charge is 0.340 e. The van der Waals surface area contributed by atoms with Crippen molar-refractivity contribution in [3.63, 3.8) is 0 Å². The fraction of sp³-hybridized carbons (Fsp3) is 0.278. The summed E-state index contributed by atoms with van der Waals surface area (Å²) in [6, 6.07) is 9.41. The average molecular weight is 370 g/mol. The van der Waals surface area contributed by atoms with E-state index in [4.69, 9.17) is 4.74 Å². The van der Waals surface area contributed by atoms with Crippen molar-refractivity contribution >= 4 is 29.1 Å². The van der Waals surface area contributed by atoms with Gasteiger partial charge in [-0.3, -0.25) is 14.9 Å². The highest BCUT2D eigenvalue weighted by Crippen LogP contribution is 2.24. The van der Waals surface area contributed by atoms with E-state index >= 15 is 0 Å². The number of benzene rings is 1. The van der Waals surface area contributed by atoms with Crippen LogP contribution >= 0.6 is 0 Å². The van der Waals surface area contributed by atoms with Crippen molar-refractivity contribution in [2.24, 2.45) is 0 Å². The number of nitrogens with zero attached hydrogens (tertiary/aromatic N) is 2. The summed E-state index contributed by atoms with van der Waals surface area (Å²) in [7, 11) is 0. The largest absolute Gasteiger partial charge is 0.449 e. The molecule has 9 nitrogen and oxygen atoms in total. The Labute approximate surface area is 154 Å². The lowest BCUT2D eigenvalue weighted by atomic mass is 10.2. The van der Waals surface area contributed by atoms with E-state index < -0.39 is 22.9 Å². The van der Waals surface area contributed by atoms with E-state index in [1.54, 1.807) is 18.2 Å². The molecule has 0 radical (unpaired) electrons. The van der Waals surface area contributed by atoms with Gasteiger partial charge in [0, 0.05) is 18.3 Å². The number of ether oxygens (including phenoxy) is 1. The van der Waals surface area contributed by atoms with Gasteiger partial charge in [-0.1, -0.05) is 12.1 Å². The number of amides is 1. The molecule has 9 heteroatoms. The van der Waals surface area contributed by atoms with Crippen molar-refractivity contribution in [2.45, 2.75) is 31.9 Å². The third kappa shape index (κ3) is 4.78. The Hall–Kier alpha value is -3.49. The van der Waals surface area contributed by atoms with Gasteiger partial charge in [-0.25, -0.2) is 9.78 Å². The highest BCUT2D eigenvalue weighted by Gasteiger charge is 2.23. The maximum Gasteiger partial charge on any atom is 0.340 e.